The third-order valence-corrected chi connectivity index (χ3v) is 4.89. The summed E-state index contributed by atoms with van der Waals surface area (Å²) in [5.74, 6) is -0.175. The van der Waals surface area contributed by atoms with Gasteiger partial charge in [0.15, 0.2) is 0 Å². The van der Waals surface area contributed by atoms with Crippen LogP contribution in [0.3, 0.4) is 0 Å². The highest BCUT2D eigenvalue weighted by Gasteiger charge is 2.27. The van der Waals surface area contributed by atoms with Crippen molar-refractivity contribution >= 4 is 0 Å². The topological polar surface area (TPSA) is 32.5 Å². The first-order valence-electron chi connectivity index (χ1n) is 7.97. The molecule has 3 nitrogen and oxygen atoms in total. The number of hydrogen-bond acceptors (Lipinski definition) is 3. The van der Waals surface area contributed by atoms with Gasteiger partial charge in [0.05, 0.1) is 0 Å². The van der Waals surface area contributed by atoms with Crippen LogP contribution in [-0.2, 0) is 0 Å². The van der Waals surface area contributed by atoms with Crippen molar-refractivity contribution in [1.29, 1.82) is 0 Å². The number of nitrogens with zero attached hydrogens (tertiary/aromatic N) is 2. The highest BCUT2D eigenvalue weighted by atomic mass is 19.1. The van der Waals surface area contributed by atoms with Crippen molar-refractivity contribution in [3.05, 3.63) is 35.1 Å². The van der Waals surface area contributed by atoms with Crippen molar-refractivity contribution in [3.63, 3.8) is 0 Å². The minimum atomic E-state index is -0.175. The number of likely N-dealkylation sites (N-methyl/N-ethyl adjacent to an activating group) is 1. The van der Waals surface area contributed by atoms with Crippen molar-refractivity contribution in [2.75, 3.05) is 33.2 Å². The summed E-state index contributed by atoms with van der Waals surface area (Å²) in [5.41, 5.74) is 8.17. The first kappa shape index (κ1) is 16.4. The number of nitrogens with two attached hydrogens (primary N) is 1. The summed E-state index contributed by atoms with van der Waals surface area (Å²) >= 11 is 0. The smallest absolute Gasteiger partial charge is 0.123 e. The lowest BCUT2D eigenvalue weighted by Gasteiger charge is -2.40. The van der Waals surface area contributed by atoms with Crippen molar-refractivity contribution in [2.24, 2.45) is 5.73 Å². The molecule has 1 fully saturated rings. The van der Waals surface area contributed by atoms with Crippen LogP contribution < -0.4 is 5.73 Å². The normalized spacial score (nSPS) is 19.1. The molecular weight excluding hydrogens is 265 g/mol. The molecule has 1 aliphatic heterocycles. The molecule has 0 radical (unpaired) electrons. The largest absolute Gasteiger partial charge is 0.329 e. The minimum absolute atomic E-state index is 0.170. The monoisotopic (exact) mass is 293 g/mol. The SMILES string of the molecule is CCN1CCC(N(C)C(CN)c2ccc(F)cc2C)CC1. The Bertz CT molecular complexity index is 455. The maximum absolute atomic E-state index is 13.3. The maximum Gasteiger partial charge on any atom is 0.123 e. The molecular formula is C17H28FN3. The van der Waals surface area contributed by atoms with Gasteiger partial charge in [-0.05, 0) is 69.7 Å². The number of aryl methyl sites for hydroxylation is 1. The van der Waals surface area contributed by atoms with E-state index in [1.165, 1.54) is 12.8 Å². The second kappa shape index (κ2) is 7.34. The van der Waals surface area contributed by atoms with E-state index < -0.39 is 0 Å². The van der Waals surface area contributed by atoms with Crippen molar-refractivity contribution in [3.8, 4) is 0 Å². The molecule has 1 atom stereocenters. The second-order valence-electron chi connectivity index (χ2n) is 6.08. The molecule has 1 aromatic carbocycles. The Morgan fingerprint density at radius 2 is 2.05 bits per heavy atom. The lowest BCUT2D eigenvalue weighted by molar-refractivity contribution is 0.101. The molecule has 118 valence electrons. The number of halogens is 1. The van der Waals surface area contributed by atoms with Crippen molar-refractivity contribution in [1.82, 2.24) is 9.80 Å². The lowest BCUT2D eigenvalue weighted by Crippen LogP contribution is -2.46. The standard InChI is InChI=1S/C17H28FN3/c1-4-21-9-7-15(8-10-21)20(3)17(12-19)16-6-5-14(18)11-13(16)2/h5-6,11,15,17H,4,7-10,12,19H2,1-3H3. The first-order valence-corrected chi connectivity index (χ1v) is 7.97. The summed E-state index contributed by atoms with van der Waals surface area (Å²) in [7, 11) is 2.16. The third kappa shape index (κ3) is 3.82. The highest BCUT2D eigenvalue weighted by Crippen LogP contribution is 2.27. The van der Waals surface area contributed by atoms with E-state index in [0.717, 1.165) is 30.8 Å². The molecule has 1 saturated heterocycles. The first-order chi connectivity index (χ1) is 10.1. The van der Waals surface area contributed by atoms with Gasteiger partial charge in [-0.3, -0.25) is 4.90 Å². The number of hydrogen-bond donors (Lipinski definition) is 1. The van der Waals surface area contributed by atoms with Gasteiger partial charge in [0.25, 0.3) is 0 Å². The average Bonchev–Trinajstić information content (AvgIpc) is 2.50. The minimum Gasteiger partial charge on any atom is -0.329 e. The van der Waals surface area contributed by atoms with Crippen LogP contribution in [0.15, 0.2) is 18.2 Å². The van der Waals surface area contributed by atoms with E-state index in [-0.39, 0.29) is 11.9 Å². The molecule has 4 heteroatoms. The molecule has 2 rings (SSSR count). The van der Waals surface area contributed by atoms with Crippen LogP contribution in [0, 0.1) is 12.7 Å². The van der Waals surface area contributed by atoms with Crippen LogP contribution in [0.4, 0.5) is 4.39 Å². The zero-order chi connectivity index (χ0) is 15.4. The summed E-state index contributed by atoms with van der Waals surface area (Å²) < 4.78 is 13.3. The van der Waals surface area contributed by atoms with Gasteiger partial charge in [0.1, 0.15) is 5.82 Å². The van der Waals surface area contributed by atoms with E-state index in [0.29, 0.717) is 12.6 Å². The van der Waals surface area contributed by atoms with Crippen molar-refractivity contribution < 1.29 is 4.39 Å². The molecule has 0 amide bonds. The predicted molar refractivity (Wildman–Crippen MR) is 85.8 cm³/mol. The second-order valence-corrected chi connectivity index (χ2v) is 6.08. The number of likely N-dealkylation sites (tertiary alicyclic amines) is 1. The van der Waals surface area contributed by atoms with Gasteiger partial charge in [0.2, 0.25) is 0 Å². The Labute approximate surface area is 127 Å². The predicted octanol–water partition coefficient (Wildman–Crippen LogP) is 2.55. The van der Waals surface area contributed by atoms with Crippen LogP contribution >= 0.6 is 0 Å². The summed E-state index contributed by atoms with van der Waals surface area (Å²) in [6.07, 6.45) is 2.36. The molecule has 2 N–H and O–H groups in total. The fourth-order valence-electron chi connectivity index (χ4n) is 3.42. The van der Waals surface area contributed by atoms with E-state index in [2.05, 4.69) is 23.8 Å². The van der Waals surface area contributed by atoms with Crippen LogP contribution in [-0.4, -0.2) is 49.1 Å². The van der Waals surface area contributed by atoms with E-state index in [1.807, 2.05) is 13.0 Å². The van der Waals surface area contributed by atoms with E-state index in [4.69, 9.17) is 5.73 Å². The van der Waals surface area contributed by atoms with Gasteiger partial charge in [-0.15, -0.1) is 0 Å². The van der Waals surface area contributed by atoms with Gasteiger partial charge >= 0.3 is 0 Å². The van der Waals surface area contributed by atoms with Gasteiger partial charge in [-0.25, -0.2) is 4.39 Å². The zero-order valence-electron chi connectivity index (χ0n) is 13.5. The van der Waals surface area contributed by atoms with E-state index in [9.17, 15) is 4.39 Å². The van der Waals surface area contributed by atoms with Crippen molar-refractivity contribution in [2.45, 2.75) is 38.8 Å². The van der Waals surface area contributed by atoms with Gasteiger partial charge < -0.3 is 10.6 Å². The molecule has 0 bridgehead atoms. The summed E-state index contributed by atoms with van der Waals surface area (Å²) in [4.78, 5) is 4.89. The summed E-state index contributed by atoms with van der Waals surface area (Å²) in [6.45, 7) is 8.20. The molecule has 0 aliphatic carbocycles. The van der Waals surface area contributed by atoms with Gasteiger partial charge in [-0.2, -0.15) is 0 Å². The molecule has 1 aliphatic rings. The Kier molecular flexibility index (Phi) is 5.73. The fourth-order valence-corrected chi connectivity index (χ4v) is 3.42. The maximum atomic E-state index is 13.3. The average molecular weight is 293 g/mol. The molecule has 0 spiro atoms. The molecule has 1 heterocycles. The molecule has 1 aromatic rings. The Hall–Kier alpha value is -0.970. The van der Waals surface area contributed by atoms with Gasteiger partial charge in [0, 0.05) is 18.6 Å². The van der Waals surface area contributed by atoms with Crippen LogP contribution in [0.5, 0.6) is 0 Å². The zero-order valence-corrected chi connectivity index (χ0v) is 13.5. The van der Waals surface area contributed by atoms with Crippen LogP contribution in [0.25, 0.3) is 0 Å². The van der Waals surface area contributed by atoms with E-state index in [1.54, 1.807) is 12.1 Å². The Morgan fingerprint density at radius 1 is 1.38 bits per heavy atom. The lowest BCUT2D eigenvalue weighted by atomic mass is 9.96. The van der Waals surface area contributed by atoms with Gasteiger partial charge in [-0.1, -0.05) is 13.0 Å². The number of rotatable bonds is 5. The molecule has 0 aromatic heterocycles. The molecule has 0 saturated carbocycles. The molecule has 21 heavy (non-hydrogen) atoms. The quantitative estimate of drug-likeness (QED) is 0.905. The summed E-state index contributed by atoms with van der Waals surface area (Å²) in [6, 6.07) is 5.76. The summed E-state index contributed by atoms with van der Waals surface area (Å²) in [5, 5.41) is 0. The molecule has 1 unspecified atom stereocenters. The Morgan fingerprint density at radius 3 is 2.57 bits per heavy atom. The van der Waals surface area contributed by atoms with Crippen LogP contribution in [0.2, 0.25) is 0 Å². The third-order valence-electron chi connectivity index (χ3n) is 4.89. The van der Waals surface area contributed by atoms with E-state index >= 15 is 0 Å². The Balaban J connectivity index is 2.10. The number of piperidine rings is 1. The number of benzene rings is 1. The fraction of sp³-hybridized carbons (Fsp3) is 0.647. The highest BCUT2D eigenvalue weighted by molar-refractivity contribution is 5.30. The van der Waals surface area contributed by atoms with Crippen LogP contribution in [0.1, 0.15) is 36.9 Å².